The fraction of sp³-hybridized carbons (Fsp3) is 0.143. The number of aliphatic imine (C=N–C) groups is 1. The zero-order valence-corrected chi connectivity index (χ0v) is 10.7. The zero-order chi connectivity index (χ0) is 12.5. The average molecular weight is 258 g/mol. The number of aromatic nitrogens is 1. The van der Waals surface area contributed by atoms with Crippen molar-refractivity contribution in [3.05, 3.63) is 47.1 Å². The number of hydrogen-bond acceptors (Lipinski definition) is 3. The summed E-state index contributed by atoms with van der Waals surface area (Å²) in [5.41, 5.74) is 3.12. The number of nitrogens with zero attached hydrogens (tertiary/aromatic N) is 3. The van der Waals surface area contributed by atoms with Crippen LogP contribution in [0.25, 0.3) is 0 Å². The Kier molecular flexibility index (Phi) is 2.76. The van der Waals surface area contributed by atoms with Gasteiger partial charge in [0, 0.05) is 17.4 Å². The fourth-order valence-corrected chi connectivity index (χ4v) is 2.20. The first-order valence-electron chi connectivity index (χ1n) is 5.76. The smallest absolute Gasteiger partial charge is 0.133 e. The third-order valence-corrected chi connectivity index (χ3v) is 3.14. The van der Waals surface area contributed by atoms with Crippen LogP contribution in [0.3, 0.4) is 0 Å². The highest BCUT2D eigenvalue weighted by Gasteiger charge is 2.17. The first-order valence-corrected chi connectivity index (χ1v) is 6.14. The Morgan fingerprint density at radius 3 is 2.94 bits per heavy atom. The summed E-state index contributed by atoms with van der Waals surface area (Å²) in [6.07, 6.45) is 3.70. The lowest BCUT2D eigenvalue weighted by Crippen LogP contribution is -2.22. The number of anilines is 2. The molecule has 0 N–H and O–H groups in total. The molecule has 0 fully saturated rings. The zero-order valence-electron chi connectivity index (χ0n) is 9.97. The molecule has 0 bridgehead atoms. The molecular formula is C14H12ClN3. The Hall–Kier alpha value is -1.87. The van der Waals surface area contributed by atoms with Gasteiger partial charge in [-0.3, -0.25) is 4.99 Å². The number of hydrogen-bond donors (Lipinski definition) is 0. The quantitative estimate of drug-likeness (QED) is 0.775. The molecule has 1 aromatic heterocycles. The van der Waals surface area contributed by atoms with Gasteiger partial charge < -0.3 is 4.90 Å². The number of fused-ring (bicyclic) bond motifs is 1. The van der Waals surface area contributed by atoms with E-state index >= 15 is 0 Å². The van der Waals surface area contributed by atoms with Crippen LogP contribution in [-0.4, -0.2) is 17.7 Å². The Morgan fingerprint density at radius 2 is 2.11 bits per heavy atom. The molecule has 3 rings (SSSR count). The van der Waals surface area contributed by atoms with E-state index < -0.39 is 0 Å². The van der Waals surface area contributed by atoms with Crippen LogP contribution < -0.4 is 4.90 Å². The molecule has 0 spiro atoms. The standard InChI is InChI=1S/C14H12ClN3/c1-10-4-5-17-14(8-10)18-7-6-16-12-9-11(15)2-3-13(12)18/h2-6,8-9H,7H2,1H3. The second-order valence-corrected chi connectivity index (χ2v) is 4.68. The van der Waals surface area contributed by atoms with E-state index in [9.17, 15) is 0 Å². The van der Waals surface area contributed by atoms with E-state index in [1.54, 1.807) is 0 Å². The summed E-state index contributed by atoms with van der Waals surface area (Å²) >= 11 is 5.99. The van der Waals surface area contributed by atoms with Crippen molar-refractivity contribution in [1.29, 1.82) is 0 Å². The van der Waals surface area contributed by atoms with Gasteiger partial charge in [0.1, 0.15) is 5.82 Å². The Labute approximate surface area is 111 Å². The van der Waals surface area contributed by atoms with Crippen molar-refractivity contribution in [3.63, 3.8) is 0 Å². The monoisotopic (exact) mass is 257 g/mol. The summed E-state index contributed by atoms with van der Waals surface area (Å²) in [7, 11) is 0. The van der Waals surface area contributed by atoms with Crippen molar-refractivity contribution < 1.29 is 0 Å². The molecule has 90 valence electrons. The molecule has 0 atom stereocenters. The largest absolute Gasteiger partial charge is 0.319 e. The molecule has 0 radical (unpaired) electrons. The van der Waals surface area contributed by atoms with Gasteiger partial charge in [0.25, 0.3) is 0 Å². The molecular weight excluding hydrogens is 246 g/mol. The lowest BCUT2D eigenvalue weighted by molar-refractivity contribution is 1.06. The first-order chi connectivity index (χ1) is 8.74. The van der Waals surface area contributed by atoms with Crippen LogP contribution in [0.4, 0.5) is 17.2 Å². The van der Waals surface area contributed by atoms with Crippen LogP contribution in [0, 0.1) is 6.92 Å². The van der Waals surface area contributed by atoms with Gasteiger partial charge in [-0.15, -0.1) is 0 Å². The van der Waals surface area contributed by atoms with E-state index in [1.807, 2.05) is 36.7 Å². The Bertz CT molecular complexity index is 622. The van der Waals surface area contributed by atoms with Crippen molar-refractivity contribution >= 4 is 35.0 Å². The van der Waals surface area contributed by atoms with Crippen LogP contribution in [0.5, 0.6) is 0 Å². The summed E-state index contributed by atoms with van der Waals surface area (Å²) in [5.74, 6) is 0.935. The van der Waals surface area contributed by atoms with Crippen LogP contribution in [-0.2, 0) is 0 Å². The molecule has 0 saturated heterocycles. The first kappa shape index (κ1) is 11.2. The molecule has 0 saturated carbocycles. The highest BCUT2D eigenvalue weighted by molar-refractivity contribution is 6.31. The van der Waals surface area contributed by atoms with Crippen LogP contribution >= 0.6 is 11.6 Å². The highest BCUT2D eigenvalue weighted by atomic mass is 35.5. The van der Waals surface area contributed by atoms with Gasteiger partial charge in [-0.2, -0.15) is 0 Å². The van der Waals surface area contributed by atoms with Crippen molar-refractivity contribution in [3.8, 4) is 0 Å². The molecule has 4 heteroatoms. The predicted molar refractivity (Wildman–Crippen MR) is 75.6 cm³/mol. The number of pyridine rings is 1. The van der Waals surface area contributed by atoms with E-state index in [0.717, 1.165) is 23.7 Å². The maximum absolute atomic E-state index is 5.99. The topological polar surface area (TPSA) is 28.5 Å². The highest BCUT2D eigenvalue weighted by Crippen LogP contribution is 2.36. The van der Waals surface area contributed by atoms with Crippen molar-refractivity contribution in [1.82, 2.24) is 4.98 Å². The van der Waals surface area contributed by atoms with E-state index in [1.165, 1.54) is 5.56 Å². The number of aryl methyl sites for hydroxylation is 1. The van der Waals surface area contributed by atoms with Gasteiger partial charge in [-0.25, -0.2) is 4.98 Å². The third-order valence-electron chi connectivity index (χ3n) is 2.90. The van der Waals surface area contributed by atoms with Crippen LogP contribution in [0.2, 0.25) is 5.02 Å². The summed E-state index contributed by atoms with van der Waals surface area (Å²) < 4.78 is 0. The lowest BCUT2D eigenvalue weighted by atomic mass is 10.2. The van der Waals surface area contributed by atoms with Gasteiger partial charge in [-0.1, -0.05) is 11.6 Å². The second kappa shape index (κ2) is 4.42. The molecule has 2 heterocycles. The Morgan fingerprint density at radius 1 is 1.22 bits per heavy atom. The SMILES string of the molecule is Cc1ccnc(N2CC=Nc3cc(Cl)ccc32)c1. The molecule has 0 amide bonds. The van der Waals surface area contributed by atoms with E-state index in [-0.39, 0.29) is 0 Å². The molecule has 3 nitrogen and oxygen atoms in total. The summed E-state index contributed by atoms with van der Waals surface area (Å²) in [5, 5.41) is 0.699. The number of rotatable bonds is 1. The van der Waals surface area contributed by atoms with E-state index in [2.05, 4.69) is 27.9 Å². The lowest BCUT2D eigenvalue weighted by Gasteiger charge is -2.26. The fourth-order valence-electron chi connectivity index (χ4n) is 2.03. The number of halogens is 1. The normalized spacial score (nSPS) is 13.6. The number of benzene rings is 1. The summed E-state index contributed by atoms with van der Waals surface area (Å²) in [4.78, 5) is 10.9. The molecule has 0 unspecified atom stereocenters. The van der Waals surface area contributed by atoms with Crippen molar-refractivity contribution in [2.75, 3.05) is 11.4 Å². The minimum atomic E-state index is 0.699. The molecule has 1 aromatic carbocycles. The molecule has 18 heavy (non-hydrogen) atoms. The van der Waals surface area contributed by atoms with Crippen LogP contribution in [0.15, 0.2) is 41.5 Å². The van der Waals surface area contributed by atoms with Gasteiger partial charge in [0.15, 0.2) is 0 Å². The Balaban J connectivity index is 2.09. The van der Waals surface area contributed by atoms with E-state index in [0.29, 0.717) is 5.02 Å². The third kappa shape index (κ3) is 1.97. The molecule has 0 aliphatic carbocycles. The molecule has 1 aliphatic rings. The van der Waals surface area contributed by atoms with Gasteiger partial charge in [0.05, 0.1) is 17.9 Å². The van der Waals surface area contributed by atoms with Crippen molar-refractivity contribution in [2.24, 2.45) is 4.99 Å². The van der Waals surface area contributed by atoms with Crippen molar-refractivity contribution in [2.45, 2.75) is 6.92 Å². The minimum Gasteiger partial charge on any atom is -0.319 e. The molecule has 1 aliphatic heterocycles. The van der Waals surface area contributed by atoms with Gasteiger partial charge >= 0.3 is 0 Å². The second-order valence-electron chi connectivity index (χ2n) is 4.25. The van der Waals surface area contributed by atoms with Crippen LogP contribution in [0.1, 0.15) is 5.56 Å². The predicted octanol–water partition coefficient (Wildman–Crippen LogP) is 3.90. The maximum atomic E-state index is 5.99. The maximum Gasteiger partial charge on any atom is 0.133 e. The summed E-state index contributed by atoms with van der Waals surface area (Å²) in [6.45, 7) is 2.79. The van der Waals surface area contributed by atoms with Gasteiger partial charge in [-0.05, 0) is 42.8 Å². The van der Waals surface area contributed by atoms with Gasteiger partial charge in [0.2, 0.25) is 0 Å². The minimum absolute atomic E-state index is 0.699. The summed E-state index contributed by atoms with van der Waals surface area (Å²) in [6, 6.07) is 9.79. The molecule has 2 aromatic rings. The van der Waals surface area contributed by atoms with E-state index in [4.69, 9.17) is 11.6 Å². The average Bonchev–Trinajstić information content (AvgIpc) is 2.37.